The van der Waals surface area contributed by atoms with Crippen molar-refractivity contribution < 1.29 is 19.0 Å². The summed E-state index contributed by atoms with van der Waals surface area (Å²) in [4.78, 5) is 23.5. The maximum absolute atomic E-state index is 12.2. The first-order valence-electron chi connectivity index (χ1n) is 10.8. The SMILES string of the molecule is CCNC(=O)c1ccc2cncc(N3CCC(OCCO[C@H]4CCOC4)CC3)c2n1. The lowest BCUT2D eigenvalue weighted by molar-refractivity contribution is -0.0294. The van der Waals surface area contributed by atoms with Crippen LogP contribution in [0.4, 0.5) is 5.69 Å². The summed E-state index contributed by atoms with van der Waals surface area (Å²) in [5, 5.41) is 3.75. The van der Waals surface area contributed by atoms with Crippen molar-refractivity contribution in [2.75, 3.05) is 51.0 Å². The van der Waals surface area contributed by atoms with Gasteiger partial charge in [-0.05, 0) is 38.3 Å². The Kier molecular flexibility index (Phi) is 7.09. The van der Waals surface area contributed by atoms with Crippen molar-refractivity contribution in [1.29, 1.82) is 0 Å². The second kappa shape index (κ2) is 10.1. The van der Waals surface area contributed by atoms with Gasteiger partial charge in [0, 0.05) is 37.8 Å². The molecule has 2 aromatic rings. The molecule has 0 radical (unpaired) electrons. The van der Waals surface area contributed by atoms with E-state index in [1.807, 2.05) is 19.2 Å². The minimum atomic E-state index is -0.152. The molecule has 0 bridgehead atoms. The second-order valence-electron chi connectivity index (χ2n) is 7.70. The van der Waals surface area contributed by atoms with Crippen LogP contribution >= 0.6 is 0 Å². The molecule has 2 aliphatic rings. The van der Waals surface area contributed by atoms with Crippen molar-refractivity contribution in [2.24, 2.45) is 0 Å². The van der Waals surface area contributed by atoms with E-state index in [0.29, 0.717) is 32.1 Å². The third-order valence-corrected chi connectivity index (χ3v) is 5.61. The number of nitrogens with zero attached hydrogens (tertiary/aromatic N) is 3. The summed E-state index contributed by atoms with van der Waals surface area (Å²) in [6.45, 7) is 6.96. The minimum absolute atomic E-state index is 0.152. The van der Waals surface area contributed by atoms with Crippen molar-refractivity contribution in [3.8, 4) is 0 Å². The van der Waals surface area contributed by atoms with Gasteiger partial charge in [0.1, 0.15) is 5.69 Å². The van der Waals surface area contributed by atoms with Gasteiger partial charge in [-0.25, -0.2) is 4.98 Å². The van der Waals surface area contributed by atoms with E-state index in [1.165, 1.54) is 0 Å². The molecule has 1 amide bonds. The molecule has 1 atom stereocenters. The number of piperidine rings is 1. The van der Waals surface area contributed by atoms with E-state index in [9.17, 15) is 4.79 Å². The normalized spacial score (nSPS) is 20.0. The summed E-state index contributed by atoms with van der Waals surface area (Å²) in [6, 6.07) is 3.66. The summed E-state index contributed by atoms with van der Waals surface area (Å²) in [6.07, 6.45) is 6.97. The van der Waals surface area contributed by atoms with Gasteiger partial charge in [-0.1, -0.05) is 0 Å². The number of carbonyl (C=O) groups is 1. The van der Waals surface area contributed by atoms with Crippen LogP contribution in [0, 0.1) is 0 Å². The van der Waals surface area contributed by atoms with Crippen LogP contribution in [0.25, 0.3) is 10.9 Å². The molecule has 2 fully saturated rings. The Hall–Kier alpha value is -2.29. The molecule has 8 nitrogen and oxygen atoms in total. The summed E-state index contributed by atoms with van der Waals surface area (Å²) in [7, 11) is 0. The standard InChI is InChI=1S/C22H30N4O4/c1-2-24-22(27)19-4-3-16-13-23-14-20(21(16)25-19)26-8-5-17(6-9-26)29-11-12-30-18-7-10-28-15-18/h3-4,13-14,17-18H,2,5-12,15H2,1H3,(H,24,27)/t18-/m0/s1. The van der Waals surface area contributed by atoms with Gasteiger partial charge < -0.3 is 24.4 Å². The Morgan fingerprint density at radius 3 is 2.70 bits per heavy atom. The maximum Gasteiger partial charge on any atom is 0.269 e. The summed E-state index contributed by atoms with van der Waals surface area (Å²) in [5.41, 5.74) is 2.23. The fraction of sp³-hybridized carbons (Fsp3) is 0.591. The van der Waals surface area contributed by atoms with E-state index in [4.69, 9.17) is 14.2 Å². The highest BCUT2D eigenvalue weighted by Gasteiger charge is 2.23. The van der Waals surface area contributed by atoms with Crippen LogP contribution in [0.3, 0.4) is 0 Å². The van der Waals surface area contributed by atoms with E-state index < -0.39 is 0 Å². The summed E-state index contributed by atoms with van der Waals surface area (Å²) < 4.78 is 17.1. The van der Waals surface area contributed by atoms with Crippen molar-refractivity contribution in [1.82, 2.24) is 15.3 Å². The lowest BCUT2D eigenvalue weighted by atomic mass is 10.1. The average molecular weight is 415 g/mol. The van der Waals surface area contributed by atoms with Crippen molar-refractivity contribution in [2.45, 2.75) is 38.4 Å². The first kappa shape index (κ1) is 21.0. The zero-order valence-electron chi connectivity index (χ0n) is 17.5. The fourth-order valence-electron chi connectivity index (χ4n) is 3.97. The van der Waals surface area contributed by atoms with E-state index >= 15 is 0 Å². The number of rotatable bonds is 8. The monoisotopic (exact) mass is 414 g/mol. The Morgan fingerprint density at radius 2 is 1.97 bits per heavy atom. The molecule has 0 aromatic carbocycles. The molecule has 8 heteroatoms. The number of fused-ring (bicyclic) bond motifs is 1. The molecule has 2 saturated heterocycles. The molecule has 2 aliphatic heterocycles. The Balaban J connectivity index is 1.33. The molecular weight excluding hydrogens is 384 g/mol. The van der Waals surface area contributed by atoms with Gasteiger partial charge in [-0.3, -0.25) is 9.78 Å². The van der Waals surface area contributed by atoms with E-state index in [-0.39, 0.29) is 18.1 Å². The van der Waals surface area contributed by atoms with Gasteiger partial charge in [0.25, 0.3) is 5.91 Å². The molecule has 30 heavy (non-hydrogen) atoms. The average Bonchev–Trinajstić information content (AvgIpc) is 3.30. The Bertz CT molecular complexity index is 848. The van der Waals surface area contributed by atoms with Crippen LogP contribution < -0.4 is 10.2 Å². The predicted molar refractivity (Wildman–Crippen MR) is 114 cm³/mol. The lowest BCUT2D eigenvalue weighted by Crippen LogP contribution is -2.37. The van der Waals surface area contributed by atoms with Crippen LogP contribution in [-0.2, 0) is 14.2 Å². The maximum atomic E-state index is 12.2. The van der Waals surface area contributed by atoms with Crippen molar-refractivity contribution in [3.63, 3.8) is 0 Å². The number of nitrogens with one attached hydrogen (secondary N) is 1. The van der Waals surface area contributed by atoms with Crippen molar-refractivity contribution in [3.05, 3.63) is 30.2 Å². The molecule has 0 saturated carbocycles. The van der Waals surface area contributed by atoms with Gasteiger partial charge in [0.05, 0.1) is 49.4 Å². The highest BCUT2D eigenvalue weighted by Crippen LogP contribution is 2.27. The quantitative estimate of drug-likeness (QED) is 0.663. The van der Waals surface area contributed by atoms with E-state index in [2.05, 4.69) is 20.2 Å². The molecule has 1 N–H and O–H groups in total. The number of carbonyl (C=O) groups excluding carboxylic acids is 1. The minimum Gasteiger partial charge on any atom is -0.379 e. The van der Waals surface area contributed by atoms with Gasteiger partial charge in [0.15, 0.2) is 0 Å². The summed E-state index contributed by atoms with van der Waals surface area (Å²) >= 11 is 0. The lowest BCUT2D eigenvalue weighted by Gasteiger charge is -2.33. The first-order valence-corrected chi connectivity index (χ1v) is 10.8. The number of anilines is 1. The van der Waals surface area contributed by atoms with Gasteiger partial charge in [-0.2, -0.15) is 0 Å². The van der Waals surface area contributed by atoms with Crippen LogP contribution in [0.15, 0.2) is 24.5 Å². The van der Waals surface area contributed by atoms with E-state index in [0.717, 1.165) is 55.5 Å². The molecular formula is C22H30N4O4. The van der Waals surface area contributed by atoms with Crippen molar-refractivity contribution >= 4 is 22.5 Å². The fourth-order valence-corrected chi connectivity index (χ4v) is 3.97. The number of hydrogen-bond acceptors (Lipinski definition) is 7. The zero-order chi connectivity index (χ0) is 20.8. The Labute approximate surface area is 176 Å². The van der Waals surface area contributed by atoms with Crippen LogP contribution in [-0.4, -0.2) is 74.1 Å². The molecule has 0 unspecified atom stereocenters. The predicted octanol–water partition coefficient (Wildman–Crippen LogP) is 2.17. The van der Waals surface area contributed by atoms with Crippen LogP contribution in [0.1, 0.15) is 36.7 Å². The van der Waals surface area contributed by atoms with Gasteiger partial charge in [-0.15, -0.1) is 0 Å². The summed E-state index contributed by atoms with van der Waals surface area (Å²) in [5.74, 6) is -0.152. The molecule has 4 rings (SSSR count). The van der Waals surface area contributed by atoms with E-state index in [1.54, 1.807) is 12.3 Å². The number of hydrogen-bond donors (Lipinski definition) is 1. The second-order valence-corrected chi connectivity index (χ2v) is 7.70. The van der Waals surface area contributed by atoms with Crippen LogP contribution in [0.5, 0.6) is 0 Å². The largest absolute Gasteiger partial charge is 0.379 e. The third kappa shape index (κ3) is 5.06. The number of amides is 1. The molecule has 0 spiro atoms. The topological polar surface area (TPSA) is 85.8 Å². The number of ether oxygens (including phenoxy) is 3. The number of pyridine rings is 2. The first-order chi connectivity index (χ1) is 14.7. The van der Waals surface area contributed by atoms with Gasteiger partial charge in [0.2, 0.25) is 0 Å². The highest BCUT2D eigenvalue weighted by molar-refractivity contribution is 5.97. The Morgan fingerprint density at radius 1 is 1.17 bits per heavy atom. The molecule has 2 aromatic heterocycles. The smallest absolute Gasteiger partial charge is 0.269 e. The molecule has 162 valence electrons. The molecule has 4 heterocycles. The van der Waals surface area contributed by atoms with Gasteiger partial charge >= 0.3 is 0 Å². The number of aromatic nitrogens is 2. The zero-order valence-corrected chi connectivity index (χ0v) is 17.5. The molecule has 0 aliphatic carbocycles. The highest BCUT2D eigenvalue weighted by atomic mass is 16.6. The third-order valence-electron chi connectivity index (χ3n) is 5.61. The van der Waals surface area contributed by atoms with Crippen LogP contribution in [0.2, 0.25) is 0 Å².